The first-order valence-corrected chi connectivity index (χ1v) is 14.9. The van der Waals surface area contributed by atoms with Gasteiger partial charge in [-0.15, -0.1) is 0 Å². The van der Waals surface area contributed by atoms with Crippen LogP contribution in [0.25, 0.3) is 10.9 Å². The molecule has 1 aromatic heterocycles. The van der Waals surface area contributed by atoms with Crippen molar-refractivity contribution in [1.29, 1.82) is 0 Å². The fourth-order valence-electron chi connectivity index (χ4n) is 4.53. The summed E-state index contributed by atoms with van der Waals surface area (Å²) < 4.78 is 73.0. The lowest BCUT2D eigenvalue weighted by atomic mass is 10.1. The van der Waals surface area contributed by atoms with Gasteiger partial charge in [-0.3, -0.25) is 4.98 Å². The maximum atomic E-state index is 13.3. The Balaban J connectivity index is 1.22. The van der Waals surface area contributed by atoms with E-state index in [9.17, 15) is 26.4 Å². The monoisotopic (exact) mass is 663 g/mol. The zero-order chi connectivity index (χ0) is 30.1. The lowest BCUT2D eigenvalue weighted by molar-refractivity contribution is -0.137. The van der Waals surface area contributed by atoms with Gasteiger partial charge >= 0.3 is 12.2 Å². The van der Waals surface area contributed by atoms with Crippen molar-refractivity contribution >= 4 is 59.9 Å². The number of carbonyl (C=O) groups is 1. The summed E-state index contributed by atoms with van der Waals surface area (Å²) in [6, 6.07) is 15.9. The number of methoxy groups -OCH3 is 1. The third-order valence-electron chi connectivity index (χ3n) is 6.77. The van der Waals surface area contributed by atoms with E-state index in [1.54, 1.807) is 48.4 Å². The number of urea groups is 1. The van der Waals surface area contributed by atoms with Crippen LogP contribution in [0.5, 0.6) is 5.75 Å². The molecule has 4 aromatic rings. The second-order valence-electron chi connectivity index (χ2n) is 9.41. The summed E-state index contributed by atoms with van der Waals surface area (Å²) in [7, 11) is -2.27. The van der Waals surface area contributed by atoms with Gasteiger partial charge in [-0.1, -0.05) is 6.07 Å². The molecule has 2 N–H and O–H groups in total. The first-order chi connectivity index (χ1) is 20.0. The Bertz CT molecular complexity index is 1730. The summed E-state index contributed by atoms with van der Waals surface area (Å²) in [6.45, 7) is 0.691. The van der Waals surface area contributed by atoms with Gasteiger partial charge in [0.2, 0.25) is 10.0 Å². The molecule has 1 aliphatic heterocycles. The molecule has 2 heterocycles. The molecule has 3 aromatic carbocycles. The van der Waals surface area contributed by atoms with Crippen LogP contribution >= 0.6 is 15.9 Å². The number of alkyl halides is 3. The summed E-state index contributed by atoms with van der Waals surface area (Å²) in [5.41, 5.74) is 1.04. The molecule has 42 heavy (non-hydrogen) atoms. The second-order valence-corrected chi connectivity index (χ2v) is 12.2. The lowest BCUT2D eigenvalue weighted by Gasteiger charge is -2.34. The molecule has 9 nitrogen and oxygen atoms in total. The van der Waals surface area contributed by atoms with Gasteiger partial charge in [0.05, 0.1) is 27.6 Å². The number of aromatic nitrogens is 1. The average molecular weight is 665 g/mol. The van der Waals surface area contributed by atoms with Crippen molar-refractivity contribution in [2.45, 2.75) is 11.1 Å². The number of sulfonamides is 1. The van der Waals surface area contributed by atoms with E-state index in [1.807, 2.05) is 0 Å². The summed E-state index contributed by atoms with van der Waals surface area (Å²) in [5, 5.41) is 6.42. The zero-order valence-electron chi connectivity index (χ0n) is 22.2. The van der Waals surface area contributed by atoms with Crippen LogP contribution in [0.1, 0.15) is 5.56 Å². The number of amides is 2. The molecular formula is C28H25BrF3N5O4S. The van der Waals surface area contributed by atoms with Crippen LogP contribution in [0.3, 0.4) is 0 Å². The number of carbonyl (C=O) groups excluding carboxylic acids is 1. The highest BCUT2D eigenvalue weighted by Gasteiger charge is 2.31. The van der Waals surface area contributed by atoms with E-state index < -0.39 is 21.8 Å². The first kappa shape index (κ1) is 29.6. The largest absolute Gasteiger partial charge is 0.496 e. The van der Waals surface area contributed by atoms with Gasteiger partial charge in [-0.05, 0) is 76.6 Å². The highest BCUT2D eigenvalue weighted by atomic mass is 79.9. The normalized spacial score (nSPS) is 14.5. The average Bonchev–Trinajstić information content (AvgIpc) is 2.97. The molecule has 1 fully saturated rings. The number of nitrogens with one attached hydrogen (secondary N) is 2. The molecule has 0 unspecified atom stereocenters. The van der Waals surface area contributed by atoms with Crippen LogP contribution in [0.4, 0.5) is 35.0 Å². The van der Waals surface area contributed by atoms with E-state index in [-0.39, 0.29) is 42.6 Å². The summed E-state index contributed by atoms with van der Waals surface area (Å²) in [6.07, 6.45) is -3.08. The van der Waals surface area contributed by atoms with Gasteiger partial charge < -0.3 is 20.3 Å². The Morgan fingerprint density at radius 3 is 2.29 bits per heavy atom. The standard InChI is InChI=1S/C28H25BrF3N5O4S/c1-41-26-9-5-20(17-23(26)29)35-27(38)36-12-14-37(15-13-36)42(39,40)21-6-3-19(4-7-21)34-24-10-11-33-25-16-18(28(30,31)32)2-8-22(24)25/h2-11,16-17H,12-15H2,1H3,(H,33,34)(H,35,38). The molecule has 14 heteroatoms. The van der Waals surface area contributed by atoms with E-state index in [2.05, 4.69) is 31.5 Å². The van der Waals surface area contributed by atoms with Crippen molar-refractivity contribution in [2.24, 2.45) is 0 Å². The minimum atomic E-state index is -4.48. The number of pyridine rings is 1. The number of benzene rings is 3. The Morgan fingerprint density at radius 2 is 1.64 bits per heavy atom. The van der Waals surface area contributed by atoms with E-state index in [1.165, 1.54) is 28.7 Å². The van der Waals surface area contributed by atoms with Crippen LogP contribution in [0.15, 0.2) is 82.3 Å². The van der Waals surface area contributed by atoms with Crippen LogP contribution in [0, 0.1) is 0 Å². The van der Waals surface area contributed by atoms with Crippen LogP contribution in [-0.2, 0) is 16.2 Å². The van der Waals surface area contributed by atoms with Gasteiger partial charge in [0.1, 0.15) is 5.75 Å². The Morgan fingerprint density at radius 1 is 0.952 bits per heavy atom. The maximum absolute atomic E-state index is 13.3. The van der Waals surface area contributed by atoms with Crippen molar-refractivity contribution in [3.63, 3.8) is 0 Å². The fourth-order valence-corrected chi connectivity index (χ4v) is 6.49. The predicted molar refractivity (Wildman–Crippen MR) is 157 cm³/mol. The third kappa shape index (κ3) is 6.30. The number of nitrogens with zero attached hydrogens (tertiary/aromatic N) is 3. The minimum absolute atomic E-state index is 0.0865. The van der Waals surface area contributed by atoms with Crippen LogP contribution in [0.2, 0.25) is 0 Å². The van der Waals surface area contributed by atoms with Gasteiger partial charge in [0.25, 0.3) is 0 Å². The number of hydrogen-bond donors (Lipinski definition) is 2. The number of fused-ring (bicyclic) bond motifs is 1. The minimum Gasteiger partial charge on any atom is -0.496 e. The first-order valence-electron chi connectivity index (χ1n) is 12.7. The Hall–Kier alpha value is -3.88. The highest BCUT2D eigenvalue weighted by molar-refractivity contribution is 9.10. The van der Waals surface area contributed by atoms with Crippen molar-refractivity contribution in [3.8, 4) is 5.75 Å². The number of rotatable bonds is 6. The maximum Gasteiger partial charge on any atom is 0.416 e. The van der Waals surface area contributed by atoms with Gasteiger partial charge in [0.15, 0.2) is 0 Å². The number of ether oxygens (including phenoxy) is 1. The molecule has 0 atom stereocenters. The topological polar surface area (TPSA) is 104 Å². The number of halogens is 4. The Labute approximate surface area is 248 Å². The van der Waals surface area contributed by atoms with Crippen molar-refractivity contribution in [3.05, 3.63) is 83.0 Å². The van der Waals surface area contributed by atoms with E-state index in [0.717, 1.165) is 12.1 Å². The van der Waals surface area contributed by atoms with E-state index in [4.69, 9.17) is 4.74 Å². The van der Waals surface area contributed by atoms with Crippen molar-refractivity contribution in [2.75, 3.05) is 43.9 Å². The third-order valence-corrected chi connectivity index (χ3v) is 9.30. The van der Waals surface area contributed by atoms with Gasteiger partial charge in [0, 0.05) is 54.8 Å². The molecule has 5 rings (SSSR count). The number of anilines is 3. The Kier molecular flexibility index (Phi) is 8.30. The number of piperazine rings is 1. The van der Waals surface area contributed by atoms with Crippen LogP contribution in [-0.4, -0.2) is 61.9 Å². The molecule has 0 radical (unpaired) electrons. The molecule has 0 spiro atoms. The lowest BCUT2D eigenvalue weighted by Crippen LogP contribution is -2.51. The zero-order valence-corrected chi connectivity index (χ0v) is 24.6. The van der Waals surface area contributed by atoms with Gasteiger partial charge in [-0.25, -0.2) is 13.2 Å². The quantitative estimate of drug-likeness (QED) is 0.251. The highest BCUT2D eigenvalue weighted by Crippen LogP contribution is 2.34. The van der Waals surface area contributed by atoms with Crippen molar-refractivity contribution < 1.29 is 31.1 Å². The van der Waals surface area contributed by atoms with Crippen molar-refractivity contribution in [1.82, 2.24) is 14.2 Å². The second kappa shape index (κ2) is 11.8. The fraction of sp³-hybridized carbons (Fsp3) is 0.214. The molecule has 0 aliphatic carbocycles. The molecule has 2 amide bonds. The molecule has 0 saturated carbocycles. The molecular weight excluding hydrogens is 639 g/mol. The van der Waals surface area contributed by atoms with E-state index >= 15 is 0 Å². The van der Waals surface area contributed by atoms with E-state index in [0.29, 0.717) is 32.7 Å². The summed E-state index contributed by atoms with van der Waals surface area (Å²) in [4.78, 5) is 18.4. The molecule has 1 saturated heterocycles. The summed E-state index contributed by atoms with van der Waals surface area (Å²) >= 11 is 3.38. The smallest absolute Gasteiger partial charge is 0.416 e. The predicted octanol–water partition coefficient (Wildman–Crippen LogP) is 6.31. The number of hydrogen-bond acceptors (Lipinski definition) is 6. The molecule has 220 valence electrons. The summed E-state index contributed by atoms with van der Waals surface area (Å²) in [5.74, 6) is 0.629. The SMILES string of the molecule is COc1ccc(NC(=O)N2CCN(S(=O)(=O)c3ccc(Nc4ccnc5cc(C(F)(F)F)ccc45)cc3)CC2)cc1Br. The molecule has 0 bridgehead atoms. The van der Waals surface area contributed by atoms with Gasteiger partial charge in [-0.2, -0.15) is 17.5 Å². The van der Waals surface area contributed by atoms with Crippen LogP contribution < -0.4 is 15.4 Å². The molecule has 1 aliphatic rings.